The van der Waals surface area contributed by atoms with Crippen molar-refractivity contribution in [3.05, 3.63) is 63.2 Å². The molecule has 3 aromatic rings. The van der Waals surface area contributed by atoms with Crippen molar-refractivity contribution in [1.82, 2.24) is 4.98 Å². The highest BCUT2D eigenvalue weighted by Crippen LogP contribution is 2.27. The van der Waals surface area contributed by atoms with Crippen LogP contribution in [-0.2, 0) is 11.2 Å². The van der Waals surface area contributed by atoms with Gasteiger partial charge in [0, 0.05) is 11.8 Å². The number of benzene rings is 2. The van der Waals surface area contributed by atoms with Crippen LogP contribution in [0.15, 0.2) is 30.3 Å². The number of rotatable bonds is 7. The van der Waals surface area contributed by atoms with Crippen LogP contribution in [0, 0.1) is 27.7 Å². The molecule has 0 saturated carbocycles. The largest absolute Gasteiger partial charge is 0.497 e. The van der Waals surface area contributed by atoms with E-state index in [2.05, 4.69) is 15.6 Å². The molecule has 2 amide bonds. The lowest BCUT2D eigenvalue weighted by molar-refractivity contribution is -0.115. The van der Waals surface area contributed by atoms with Gasteiger partial charge in [-0.25, -0.2) is 4.98 Å². The summed E-state index contributed by atoms with van der Waals surface area (Å²) in [6.07, 6.45) is 0.121. The molecule has 32 heavy (non-hydrogen) atoms. The minimum atomic E-state index is -0.244. The van der Waals surface area contributed by atoms with E-state index in [1.165, 1.54) is 0 Å². The predicted molar refractivity (Wildman–Crippen MR) is 127 cm³/mol. The van der Waals surface area contributed by atoms with Crippen molar-refractivity contribution in [3.63, 3.8) is 0 Å². The van der Waals surface area contributed by atoms with Gasteiger partial charge in [-0.15, -0.1) is 0 Å². The summed E-state index contributed by atoms with van der Waals surface area (Å²) in [6, 6.07) is 9.36. The summed E-state index contributed by atoms with van der Waals surface area (Å²) in [6.45, 7) is 7.71. The highest BCUT2D eigenvalue weighted by molar-refractivity contribution is 7.17. The van der Waals surface area contributed by atoms with E-state index in [1.54, 1.807) is 39.3 Å². The Kier molecular flexibility index (Phi) is 7.15. The maximum Gasteiger partial charge on any atom is 0.267 e. The number of aromatic nitrogens is 1. The van der Waals surface area contributed by atoms with Crippen LogP contribution in [0.5, 0.6) is 11.5 Å². The van der Waals surface area contributed by atoms with E-state index < -0.39 is 0 Å². The van der Waals surface area contributed by atoms with Crippen molar-refractivity contribution in [3.8, 4) is 11.5 Å². The standard InChI is InChI=1S/C24H27N3O4S/c1-13-7-14(2)21(15(3)8-13)27-23(29)22-16(4)25-24(32-22)26-20(28)11-17-9-18(30-5)12-19(10-17)31-6/h7-10,12H,11H2,1-6H3,(H,27,29)(H,25,26,28). The zero-order chi connectivity index (χ0) is 23.4. The predicted octanol–water partition coefficient (Wildman–Crippen LogP) is 4.83. The first-order valence-corrected chi connectivity index (χ1v) is 10.9. The van der Waals surface area contributed by atoms with Gasteiger partial charge in [0.05, 0.1) is 26.3 Å². The fourth-order valence-electron chi connectivity index (χ4n) is 3.53. The third kappa shape index (κ3) is 5.45. The van der Waals surface area contributed by atoms with E-state index in [0.29, 0.717) is 27.2 Å². The smallest absolute Gasteiger partial charge is 0.267 e. The number of anilines is 2. The molecule has 0 aliphatic carbocycles. The molecule has 0 atom stereocenters. The van der Waals surface area contributed by atoms with E-state index in [0.717, 1.165) is 39.3 Å². The number of carbonyl (C=O) groups is 2. The number of carbonyl (C=O) groups excluding carboxylic acids is 2. The Morgan fingerprint density at radius 2 is 1.50 bits per heavy atom. The van der Waals surface area contributed by atoms with E-state index in [1.807, 2.05) is 32.9 Å². The second kappa shape index (κ2) is 9.82. The number of methoxy groups -OCH3 is 2. The van der Waals surface area contributed by atoms with Gasteiger partial charge in [0.2, 0.25) is 5.91 Å². The van der Waals surface area contributed by atoms with Gasteiger partial charge in [-0.05, 0) is 56.5 Å². The quantitative estimate of drug-likeness (QED) is 0.535. The summed E-state index contributed by atoms with van der Waals surface area (Å²) in [5.74, 6) is 0.732. The minimum absolute atomic E-state index is 0.121. The number of nitrogens with zero attached hydrogens (tertiary/aromatic N) is 1. The van der Waals surface area contributed by atoms with E-state index in [-0.39, 0.29) is 18.2 Å². The van der Waals surface area contributed by atoms with Gasteiger partial charge in [-0.1, -0.05) is 29.0 Å². The summed E-state index contributed by atoms with van der Waals surface area (Å²) in [7, 11) is 3.12. The molecule has 0 bridgehead atoms. The molecular weight excluding hydrogens is 426 g/mol. The molecule has 0 radical (unpaired) electrons. The van der Waals surface area contributed by atoms with Crippen molar-refractivity contribution in [2.75, 3.05) is 24.9 Å². The number of ether oxygens (including phenoxy) is 2. The summed E-state index contributed by atoms with van der Waals surface area (Å²) >= 11 is 1.15. The highest BCUT2D eigenvalue weighted by atomic mass is 32.1. The van der Waals surface area contributed by atoms with Crippen LogP contribution in [0.2, 0.25) is 0 Å². The Morgan fingerprint density at radius 1 is 0.906 bits per heavy atom. The average molecular weight is 454 g/mol. The maximum absolute atomic E-state index is 12.9. The van der Waals surface area contributed by atoms with Gasteiger partial charge in [0.15, 0.2) is 5.13 Å². The fraction of sp³-hybridized carbons (Fsp3) is 0.292. The molecule has 1 heterocycles. The summed E-state index contributed by atoms with van der Waals surface area (Å²) in [5.41, 5.74) is 5.25. The number of hydrogen-bond acceptors (Lipinski definition) is 6. The lowest BCUT2D eigenvalue weighted by Crippen LogP contribution is -2.14. The van der Waals surface area contributed by atoms with Gasteiger partial charge in [-0.3, -0.25) is 9.59 Å². The molecule has 0 aliphatic rings. The SMILES string of the molecule is COc1cc(CC(=O)Nc2nc(C)c(C(=O)Nc3c(C)cc(C)cc3C)s2)cc(OC)c1. The normalized spacial score (nSPS) is 10.6. The van der Waals surface area contributed by atoms with Gasteiger partial charge in [0.1, 0.15) is 16.4 Å². The third-order valence-electron chi connectivity index (χ3n) is 4.94. The maximum atomic E-state index is 12.9. The second-order valence-corrected chi connectivity index (χ2v) is 8.61. The molecule has 3 rings (SSSR count). The number of thiazole rings is 1. The van der Waals surface area contributed by atoms with Crippen LogP contribution in [-0.4, -0.2) is 31.0 Å². The van der Waals surface area contributed by atoms with Crippen LogP contribution in [0.3, 0.4) is 0 Å². The topological polar surface area (TPSA) is 89.5 Å². The summed E-state index contributed by atoms with van der Waals surface area (Å²) in [4.78, 5) is 30.3. The summed E-state index contributed by atoms with van der Waals surface area (Å²) in [5, 5.41) is 6.15. The molecule has 0 spiro atoms. The Balaban J connectivity index is 1.71. The molecule has 0 aliphatic heterocycles. The molecule has 0 unspecified atom stereocenters. The zero-order valence-electron chi connectivity index (χ0n) is 19.1. The first-order chi connectivity index (χ1) is 15.2. The Morgan fingerprint density at radius 3 is 2.06 bits per heavy atom. The van der Waals surface area contributed by atoms with Crippen molar-refractivity contribution >= 4 is 34.0 Å². The molecule has 0 saturated heterocycles. The van der Waals surface area contributed by atoms with Gasteiger partial charge in [0.25, 0.3) is 5.91 Å². The van der Waals surface area contributed by atoms with E-state index >= 15 is 0 Å². The van der Waals surface area contributed by atoms with Crippen molar-refractivity contribution in [2.24, 2.45) is 0 Å². The van der Waals surface area contributed by atoms with Crippen molar-refractivity contribution in [1.29, 1.82) is 0 Å². The molecule has 1 aromatic heterocycles. The van der Waals surface area contributed by atoms with Gasteiger partial charge >= 0.3 is 0 Å². The lowest BCUT2D eigenvalue weighted by atomic mass is 10.1. The Labute approximate surface area is 191 Å². The number of aryl methyl sites for hydroxylation is 4. The first kappa shape index (κ1) is 23.3. The molecule has 2 N–H and O–H groups in total. The number of hydrogen-bond donors (Lipinski definition) is 2. The molecule has 2 aromatic carbocycles. The lowest BCUT2D eigenvalue weighted by Gasteiger charge is -2.12. The molecule has 7 nitrogen and oxygen atoms in total. The Bertz CT molecular complexity index is 1120. The van der Waals surface area contributed by atoms with Crippen LogP contribution in [0.4, 0.5) is 10.8 Å². The van der Waals surface area contributed by atoms with Crippen molar-refractivity contribution < 1.29 is 19.1 Å². The van der Waals surface area contributed by atoms with Crippen LogP contribution < -0.4 is 20.1 Å². The first-order valence-electron chi connectivity index (χ1n) is 10.1. The highest BCUT2D eigenvalue weighted by Gasteiger charge is 2.18. The van der Waals surface area contributed by atoms with Gasteiger partial charge in [-0.2, -0.15) is 0 Å². The Hall–Kier alpha value is -3.39. The fourth-order valence-corrected chi connectivity index (χ4v) is 4.40. The van der Waals surface area contributed by atoms with Crippen molar-refractivity contribution in [2.45, 2.75) is 34.1 Å². The van der Waals surface area contributed by atoms with E-state index in [4.69, 9.17) is 9.47 Å². The summed E-state index contributed by atoms with van der Waals surface area (Å²) < 4.78 is 10.5. The number of nitrogens with one attached hydrogen (secondary N) is 2. The molecule has 168 valence electrons. The van der Waals surface area contributed by atoms with Crippen LogP contribution in [0.1, 0.15) is 37.6 Å². The van der Waals surface area contributed by atoms with Crippen LogP contribution in [0.25, 0.3) is 0 Å². The second-order valence-electron chi connectivity index (χ2n) is 7.61. The zero-order valence-corrected chi connectivity index (χ0v) is 19.9. The van der Waals surface area contributed by atoms with Gasteiger partial charge < -0.3 is 20.1 Å². The molecular formula is C24H27N3O4S. The minimum Gasteiger partial charge on any atom is -0.497 e. The third-order valence-corrected chi connectivity index (χ3v) is 6.01. The molecule has 0 fully saturated rings. The van der Waals surface area contributed by atoms with E-state index in [9.17, 15) is 9.59 Å². The molecule has 8 heteroatoms. The number of amides is 2. The monoisotopic (exact) mass is 453 g/mol. The average Bonchev–Trinajstić information content (AvgIpc) is 3.09. The van der Waals surface area contributed by atoms with Crippen LogP contribution >= 0.6 is 11.3 Å².